The first-order valence-corrected chi connectivity index (χ1v) is 6.66. The molecule has 2 N–H and O–H groups in total. The Morgan fingerprint density at radius 3 is 2.76 bits per heavy atom. The maximum atomic E-state index is 12.7. The summed E-state index contributed by atoms with van der Waals surface area (Å²) in [6.07, 6.45) is -2.22. The van der Waals surface area contributed by atoms with Crippen LogP contribution in [0.4, 0.5) is 13.2 Å². The minimum Gasteiger partial charge on any atom is -0.339 e. The Kier molecular flexibility index (Phi) is 4.62. The van der Waals surface area contributed by atoms with E-state index in [9.17, 15) is 13.2 Å². The van der Waals surface area contributed by atoms with E-state index in [1.54, 1.807) is 0 Å². The molecule has 1 unspecified atom stereocenters. The van der Waals surface area contributed by atoms with Crippen molar-refractivity contribution in [2.45, 2.75) is 38.4 Å². The van der Waals surface area contributed by atoms with Crippen LogP contribution < -0.4 is 5.73 Å². The molecular formula is C14H16F3N3O. The van der Waals surface area contributed by atoms with Gasteiger partial charge in [0, 0.05) is 18.0 Å². The van der Waals surface area contributed by atoms with Gasteiger partial charge < -0.3 is 10.3 Å². The molecule has 0 aliphatic rings. The van der Waals surface area contributed by atoms with Crippen LogP contribution in [0.2, 0.25) is 0 Å². The van der Waals surface area contributed by atoms with Gasteiger partial charge >= 0.3 is 6.18 Å². The van der Waals surface area contributed by atoms with E-state index in [4.69, 9.17) is 10.3 Å². The molecule has 0 bridgehead atoms. The van der Waals surface area contributed by atoms with Crippen LogP contribution in [-0.4, -0.2) is 16.2 Å². The quantitative estimate of drug-likeness (QED) is 0.918. The zero-order chi connectivity index (χ0) is 15.5. The summed E-state index contributed by atoms with van der Waals surface area (Å²) in [7, 11) is 0. The van der Waals surface area contributed by atoms with Crippen LogP contribution >= 0.6 is 0 Å². The first-order chi connectivity index (χ1) is 9.90. The standard InChI is InChI=1S/C14H16F3N3O/c1-2-4-11(18)8-12-19-13(20-21-12)9-5-3-6-10(7-9)14(15,16)17/h3,5-7,11H,2,4,8,18H2,1H3. The average Bonchev–Trinajstić information content (AvgIpc) is 2.86. The van der Waals surface area contributed by atoms with Crippen LogP contribution in [0, 0.1) is 0 Å². The molecule has 0 saturated carbocycles. The molecule has 2 aromatic rings. The number of nitrogens with two attached hydrogens (primary N) is 1. The largest absolute Gasteiger partial charge is 0.416 e. The van der Waals surface area contributed by atoms with Crippen LogP contribution in [0.5, 0.6) is 0 Å². The van der Waals surface area contributed by atoms with Crippen molar-refractivity contribution in [1.82, 2.24) is 10.1 Å². The Morgan fingerprint density at radius 1 is 1.33 bits per heavy atom. The minimum atomic E-state index is -4.40. The predicted octanol–water partition coefficient (Wildman–Crippen LogP) is 3.43. The predicted molar refractivity (Wildman–Crippen MR) is 71.3 cm³/mol. The Bertz CT molecular complexity index is 595. The molecule has 114 valence electrons. The highest BCUT2D eigenvalue weighted by atomic mass is 19.4. The normalized spacial score (nSPS) is 13.4. The number of hydrogen-bond acceptors (Lipinski definition) is 4. The third kappa shape index (κ3) is 4.04. The fourth-order valence-corrected chi connectivity index (χ4v) is 1.99. The van der Waals surface area contributed by atoms with E-state index < -0.39 is 11.7 Å². The van der Waals surface area contributed by atoms with E-state index in [-0.39, 0.29) is 17.4 Å². The number of benzene rings is 1. The second-order valence-electron chi connectivity index (χ2n) is 4.84. The Hall–Kier alpha value is -1.89. The van der Waals surface area contributed by atoms with Crippen LogP contribution in [0.15, 0.2) is 28.8 Å². The van der Waals surface area contributed by atoms with Crippen molar-refractivity contribution in [3.8, 4) is 11.4 Å². The van der Waals surface area contributed by atoms with Gasteiger partial charge in [0.1, 0.15) is 0 Å². The van der Waals surface area contributed by atoms with Crippen molar-refractivity contribution >= 4 is 0 Å². The molecule has 0 radical (unpaired) electrons. The molecule has 21 heavy (non-hydrogen) atoms. The van der Waals surface area contributed by atoms with Crippen molar-refractivity contribution in [2.75, 3.05) is 0 Å². The molecule has 0 aliphatic carbocycles. The molecule has 1 aromatic carbocycles. The maximum absolute atomic E-state index is 12.7. The van der Waals surface area contributed by atoms with Crippen molar-refractivity contribution in [1.29, 1.82) is 0 Å². The smallest absolute Gasteiger partial charge is 0.339 e. The van der Waals surface area contributed by atoms with Gasteiger partial charge in [-0.2, -0.15) is 18.2 Å². The molecule has 0 spiro atoms. The second kappa shape index (κ2) is 6.26. The van der Waals surface area contributed by atoms with E-state index in [0.717, 1.165) is 25.0 Å². The highest BCUT2D eigenvalue weighted by Crippen LogP contribution is 2.31. The van der Waals surface area contributed by atoms with Gasteiger partial charge in [0.15, 0.2) is 0 Å². The van der Waals surface area contributed by atoms with Gasteiger partial charge in [0.2, 0.25) is 11.7 Å². The van der Waals surface area contributed by atoms with Gasteiger partial charge in [0.25, 0.3) is 0 Å². The fourth-order valence-electron chi connectivity index (χ4n) is 1.99. The number of alkyl halides is 3. The first-order valence-electron chi connectivity index (χ1n) is 6.66. The van der Waals surface area contributed by atoms with E-state index >= 15 is 0 Å². The van der Waals surface area contributed by atoms with Crippen molar-refractivity contribution < 1.29 is 17.7 Å². The summed E-state index contributed by atoms with van der Waals surface area (Å²) in [6.45, 7) is 2.02. The van der Waals surface area contributed by atoms with Crippen LogP contribution in [0.3, 0.4) is 0 Å². The van der Waals surface area contributed by atoms with Crippen LogP contribution in [0.25, 0.3) is 11.4 Å². The minimum absolute atomic E-state index is 0.0928. The fraction of sp³-hybridized carbons (Fsp3) is 0.429. The molecule has 1 atom stereocenters. The first kappa shape index (κ1) is 15.5. The number of nitrogens with zero attached hydrogens (tertiary/aromatic N) is 2. The molecule has 7 heteroatoms. The Labute approximate surface area is 120 Å². The number of rotatable bonds is 5. The van der Waals surface area contributed by atoms with E-state index in [1.165, 1.54) is 12.1 Å². The molecule has 0 saturated heterocycles. The van der Waals surface area contributed by atoms with Gasteiger partial charge in [0.05, 0.1) is 5.56 Å². The van der Waals surface area contributed by atoms with Gasteiger partial charge in [-0.15, -0.1) is 0 Å². The van der Waals surface area contributed by atoms with Gasteiger partial charge in [-0.3, -0.25) is 0 Å². The topological polar surface area (TPSA) is 64.9 Å². The van der Waals surface area contributed by atoms with E-state index in [0.29, 0.717) is 12.3 Å². The Balaban J connectivity index is 2.18. The average molecular weight is 299 g/mol. The monoisotopic (exact) mass is 299 g/mol. The van der Waals surface area contributed by atoms with Gasteiger partial charge in [-0.1, -0.05) is 30.6 Å². The third-order valence-corrected chi connectivity index (χ3v) is 3.01. The SMILES string of the molecule is CCCC(N)Cc1nc(-c2cccc(C(F)(F)F)c2)no1. The van der Waals surface area contributed by atoms with Crippen molar-refractivity contribution in [3.63, 3.8) is 0 Å². The lowest BCUT2D eigenvalue weighted by atomic mass is 10.1. The highest BCUT2D eigenvalue weighted by Gasteiger charge is 2.30. The number of halogens is 3. The number of aromatic nitrogens is 2. The van der Waals surface area contributed by atoms with Crippen LogP contribution in [0.1, 0.15) is 31.2 Å². The summed E-state index contributed by atoms with van der Waals surface area (Å²) in [4.78, 5) is 4.10. The zero-order valence-corrected chi connectivity index (χ0v) is 11.5. The lowest BCUT2D eigenvalue weighted by Crippen LogP contribution is -2.22. The molecular weight excluding hydrogens is 283 g/mol. The van der Waals surface area contributed by atoms with E-state index in [1.807, 2.05) is 6.92 Å². The third-order valence-electron chi connectivity index (χ3n) is 3.01. The summed E-state index contributed by atoms with van der Waals surface area (Å²) < 4.78 is 43.0. The summed E-state index contributed by atoms with van der Waals surface area (Å²) in [6, 6.07) is 4.74. The molecule has 2 rings (SSSR count). The van der Waals surface area contributed by atoms with Crippen LogP contribution in [-0.2, 0) is 12.6 Å². The van der Waals surface area contributed by atoms with Crippen molar-refractivity contribution in [2.24, 2.45) is 5.73 Å². The molecule has 1 heterocycles. The molecule has 0 fully saturated rings. The molecule has 0 aliphatic heterocycles. The molecule has 1 aromatic heterocycles. The maximum Gasteiger partial charge on any atom is 0.416 e. The summed E-state index contributed by atoms with van der Waals surface area (Å²) in [5.74, 6) is 0.475. The number of hydrogen-bond donors (Lipinski definition) is 1. The van der Waals surface area contributed by atoms with Crippen molar-refractivity contribution in [3.05, 3.63) is 35.7 Å². The Morgan fingerprint density at radius 2 is 2.10 bits per heavy atom. The second-order valence-corrected chi connectivity index (χ2v) is 4.84. The summed E-state index contributed by atoms with van der Waals surface area (Å²) in [5.41, 5.74) is 5.39. The van der Waals surface area contributed by atoms with Gasteiger partial charge in [-0.25, -0.2) is 0 Å². The highest BCUT2D eigenvalue weighted by molar-refractivity contribution is 5.55. The summed E-state index contributed by atoms with van der Waals surface area (Å²) >= 11 is 0. The van der Waals surface area contributed by atoms with E-state index in [2.05, 4.69) is 10.1 Å². The van der Waals surface area contributed by atoms with Gasteiger partial charge in [-0.05, 0) is 18.6 Å². The summed E-state index contributed by atoms with van der Waals surface area (Å²) in [5, 5.41) is 3.71. The lowest BCUT2D eigenvalue weighted by molar-refractivity contribution is -0.137. The molecule has 0 amide bonds. The zero-order valence-electron chi connectivity index (χ0n) is 11.5. The molecule has 4 nitrogen and oxygen atoms in total. The lowest BCUT2D eigenvalue weighted by Gasteiger charge is -2.06.